The van der Waals surface area contributed by atoms with Crippen molar-refractivity contribution >= 4 is 23.3 Å². The lowest BCUT2D eigenvalue weighted by atomic mass is 10.1. The first kappa shape index (κ1) is 15.3. The number of carbonyl (C=O) groups is 1. The van der Waals surface area contributed by atoms with Gasteiger partial charge in [0, 0.05) is 22.3 Å². The van der Waals surface area contributed by atoms with Gasteiger partial charge >= 0.3 is 5.97 Å². The van der Waals surface area contributed by atoms with E-state index in [0.717, 1.165) is 12.1 Å². The van der Waals surface area contributed by atoms with Crippen molar-refractivity contribution in [1.29, 1.82) is 0 Å². The van der Waals surface area contributed by atoms with Crippen molar-refractivity contribution in [3.05, 3.63) is 64.7 Å². The van der Waals surface area contributed by atoms with Gasteiger partial charge in [0.2, 0.25) is 0 Å². The van der Waals surface area contributed by atoms with Crippen LogP contribution >= 0.6 is 11.6 Å². The summed E-state index contributed by atoms with van der Waals surface area (Å²) in [5, 5.41) is 3.15. The molecule has 0 aliphatic carbocycles. The Kier molecular flexibility index (Phi) is 4.75. The molecule has 1 N–H and O–H groups in total. The number of rotatable bonds is 4. The largest absolute Gasteiger partial charge is 0.467 e. The molecule has 0 aromatic heterocycles. The SMILES string of the molecule is COC(=O)C(Nc1ccc(F)c(F)c1)c1ccccc1Cl. The van der Waals surface area contributed by atoms with Crippen LogP contribution in [0.1, 0.15) is 11.6 Å². The molecule has 0 radical (unpaired) electrons. The smallest absolute Gasteiger partial charge is 0.333 e. The molecule has 0 amide bonds. The van der Waals surface area contributed by atoms with Crippen LogP contribution in [-0.4, -0.2) is 13.1 Å². The van der Waals surface area contributed by atoms with Crippen LogP contribution in [0.15, 0.2) is 42.5 Å². The van der Waals surface area contributed by atoms with Crippen LogP contribution in [0.4, 0.5) is 14.5 Å². The predicted octanol–water partition coefficient (Wildman–Crippen LogP) is 3.94. The molecule has 2 aromatic carbocycles. The van der Waals surface area contributed by atoms with Gasteiger partial charge < -0.3 is 10.1 Å². The van der Waals surface area contributed by atoms with Gasteiger partial charge in [0.25, 0.3) is 0 Å². The second-order valence-corrected chi connectivity index (χ2v) is 4.66. The van der Waals surface area contributed by atoms with Crippen molar-refractivity contribution in [2.75, 3.05) is 12.4 Å². The molecular weight excluding hydrogens is 300 g/mol. The van der Waals surface area contributed by atoms with Crippen molar-refractivity contribution in [2.45, 2.75) is 6.04 Å². The van der Waals surface area contributed by atoms with Crippen LogP contribution in [-0.2, 0) is 9.53 Å². The van der Waals surface area contributed by atoms with Gasteiger partial charge in [-0.1, -0.05) is 29.8 Å². The van der Waals surface area contributed by atoms with Gasteiger partial charge in [0.05, 0.1) is 7.11 Å². The number of halogens is 3. The molecule has 110 valence electrons. The van der Waals surface area contributed by atoms with E-state index < -0.39 is 23.6 Å². The standard InChI is InChI=1S/C15H12ClF2NO2/c1-21-15(20)14(10-4-2-3-5-11(10)16)19-9-6-7-12(17)13(18)8-9/h2-8,14,19H,1H3. The second-order valence-electron chi connectivity index (χ2n) is 4.25. The summed E-state index contributed by atoms with van der Waals surface area (Å²) >= 11 is 6.06. The van der Waals surface area contributed by atoms with Gasteiger partial charge in [-0.15, -0.1) is 0 Å². The van der Waals surface area contributed by atoms with Crippen molar-refractivity contribution < 1.29 is 18.3 Å². The van der Waals surface area contributed by atoms with Crippen LogP contribution in [0.3, 0.4) is 0 Å². The topological polar surface area (TPSA) is 38.3 Å². The Morgan fingerprint density at radius 3 is 2.52 bits per heavy atom. The summed E-state index contributed by atoms with van der Waals surface area (Å²) in [7, 11) is 1.24. The number of anilines is 1. The third-order valence-electron chi connectivity index (χ3n) is 2.88. The molecule has 2 rings (SSSR count). The molecule has 0 fully saturated rings. The van der Waals surface area contributed by atoms with Gasteiger partial charge in [0.1, 0.15) is 0 Å². The Morgan fingerprint density at radius 2 is 1.90 bits per heavy atom. The maximum atomic E-state index is 13.2. The Bertz CT molecular complexity index is 664. The summed E-state index contributed by atoms with van der Waals surface area (Å²) in [6, 6.07) is 9.04. The quantitative estimate of drug-likeness (QED) is 0.869. The molecule has 0 bridgehead atoms. The minimum absolute atomic E-state index is 0.240. The highest BCUT2D eigenvalue weighted by atomic mass is 35.5. The summed E-state index contributed by atoms with van der Waals surface area (Å²) in [5.41, 5.74) is 0.722. The highest BCUT2D eigenvalue weighted by Crippen LogP contribution is 2.27. The Balaban J connectivity index is 2.35. The molecule has 0 aliphatic rings. The first-order chi connectivity index (χ1) is 10.0. The molecule has 6 heteroatoms. The Hall–Kier alpha value is -2.14. The van der Waals surface area contributed by atoms with Gasteiger partial charge in [-0.3, -0.25) is 0 Å². The number of esters is 1. The van der Waals surface area contributed by atoms with E-state index in [2.05, 4.69) is 5.32 Å². The lowest BCUT2D eigenvalue weighted by Gasteiger charge is -2.19. The number of hydrogen-bond acceptors (Lipinski definition) is 3. The van der Waals surface area contributed by atoms with Crippen LogP contribution in [0.2, 0.25) is 5.02 Å². The first-order valence-corrected chi connectivity index (χ1v) is 6.44. The average Bonchev–Trinajstić information content (AvgIpc) is 2.48. The third-order valence-corrected chi connectivity index (χ3v) is 3.23. The van der Waals surface area contributed by atoms with E-state index in [1.165, 1.54) is 13.2 Å². The van der Waals surface area contributed by atoms with E-state index in [0.29, 0.717) is 10.6 Å². The van der Waals surface area contributed by atoms with E-state index in [1.807, 2.05) is 0 Å². The summed E-state index contributed by atoms with van der Waals surface area (Å²) in [5.74, 6) is -2.57. The van der Waals surface area contributed by atoms with Crippen molar-refractivity contribution in [1.82, 2.24) is 0 Å². The molecule has 1 atom stereocenters. The van der Waals surface area contributed by atoms with Crippen LogP contribution in [0.5, 0.6) is 0 Å². The molecule has 1 unspecified atom stereocenters. The van der Waals surface area contributed by atoms with E-state index in [9.17, 15) is 13.6 Å². The number of nitrogens with one attached hydrogen (secondary N) is 1. The highest BCUT2D eigenvalue weighted by Gasteiger charge is 2.23. The third kappa shape index (κ3) is 3.49. The molecule has 0 heterocycles. The Labute approximate surface area is 125 Å². The molecule has 0 spiro atoms. The van der Waals surface area contributed by atoms with Crippen molar-refractivity contribution in [3.8, 4) is 0 Å². The van der Waals surface area contributed by atoms with Crippen LogP contribution < -0.4 is 5.32 Å². The maximum Gasteiger partial charge on any atom is 0.333 e. The summed E-state index contributed by atoms with van der Waals surface area (Å²) < 4.78 is 30.9. The van der Waals surface area contributed by atoms with E-state index in [1.54, 1.807) is 24.3 Å². The average molecular weight is 312 g/mol. The Morgan fingerprint density at radius 1 is 1.19 bits per heavy atom. The number of ether oxygens (including phenoxy) is 1. The predicted molar refractivity (Wildman–Crippen MR) is 76.2 cm³/mol. The molecule has 2 aromatic rings. The van der Waals surface area contributed by atoms with Crippen LogP contribution in [0.25, 0.3) is 0 Å². The number of carbonyl (C=O) groups excluding carboxylic acids is 1. The van der Waals surface area contributed by atoms with Gasteiger partial charge in [-0.25, -0.2) is 13.6 Å². The maximum absolute atomic E-state index is 13.2. The minimum Gasteiger partial charge on any atom is -0.467 e. The number of hydrogen-bond donors (Lipinski definition) is 1. The van der Waals surface area contributed by atoms with Crippen molar-refractivity contribution in [3.63, 3.8) is 0 Å². The van der Waals surface area contributed by atoms with Gasteiger partial charge in [-0.05, 0) is 18.2 Å². The lowest BCUT2D eigenvalue weighted by Crippen LogP contribution is -2.22. The summed E-state index contributed by atoms with van der Waals surface area (Å²) in [4.78, 5) is 11.9. The second kappa shape index (κ2) is 6.54. The number of benzene rings is 2. The zero-order valence-electron chi connectivity index (χ0n) is 11.1. The molecule has 3 nitrogen and oxygen atoms in total. The summed E-state index contributed by atoms with van der Waals surface area (Å²) in [6.45, 7) is 0. The molecule has 0 aliphatic heterocycles. The monoisotopic (exact) mass is 311 g/mol. The van der Waals surface area contributed by atoms with E-state index in [-0.39, 0.29) is 5.69 Å². The van der Waals surface area contributed by atoms with Crippen LogP contribution in [0, 0.1) is 11.6 Å². The van der Waals surface area contributed by atoms with E-state index >= 15 is 0 Å². The zero-order chi connectivity index (χ0) is 15.4. The fourth-order valence-corrected chi connectivity index (χ4v) is 2.09. The molecule has 0 saturated heterocycles. The van der Waals surface area contributed by atoms with Gasteiger partial charge in [0.15, 0.2) is 17.7 Å². The fraction of sp³-hybridized carbons (Fsp3) is 0.133. The molecule has 21 heavy (non-hydrogen) atoms. The highest BCUT2D eigenvalue weighted by molar-refractivity contribution is 6.31. The van der Waals surface area contributed by atoms with Gasteiger partial charge in [-0.2, -0.15) is 0 Å². The lowest BCUT2D eigenvalue weighted by molar-refractivity contribution is -0.141. The fourth-order valence-electron chi connectivity index (χ4n) is 1.84. The summed E-state index contributed by atoms with van der Waals surface area (Å²) in [6.07, 6.45) is 0. The number of methoxy groups -OCH3 is 1. The van der Waals surface area contributed by atoms with E-state index in [4.69, 9.17) is 16.3 Å². The van der Waals surface area contributed by atoms with Crippen molar-refractivity contribution in [2.24, 2.45) is 0 Å². The molecular formula is C15H12ClF2NO2. The first-order valence-electron chi connectivity index (χ1n) is 6.06. The molecule has 0 saturated carbocycles. The normalized spacial score (nSPS) is 11.8. The minimum atomic E-state index is -1.01. The zero-order valence-corrected chi connectivity index (χ0v) is 11.8.